The highest BCUT2D eigenvalue weighted by Crippen LogP contribution is 2.26. The van der Waals surface area contributed by atoms with E-state index >= 15 is 0 Å². The molecule has 0 spiro atoms. The van der Waals surface area contributed by atoms with Crippen LogP contribution in [0, 0.1) is 11.6 Å². The fourth-order valence-corrected chi connectivity index (χ4v) is 2.90. The average Bonchev–Trinajstić information content (AvgIpc) is 2.44. The van der Waals surface area contributed by atoms with Gasteiger partial charge in [-0.25, -0.2) is 8.78 Å². The molecule has 21 heavy (non-hydrogen) atoms. The van der Waals surface area contributed by atoms with Gasteiger partial charge in [0.05, 0.1) is 0 Å². The van der Waals surface area contributed by atoms with Crippen molar-refractivity contribution < 1.29 is 8.78 Å². The van der Waals surface area contributed by atoms with Crippen molar-refractivity contribution in [2.75, 3.05) is 0 Å². The van der Waals surface area contributed by atoms with Crippen molar-refractivity contribution >= 4 is 15.9 Å². The second kappa shape index (κ2) is 7.14. The van der Waals surface area contributed by atoms with Gasteiger partial charge in [-0.3, -0.25) is 0 Å². The molecule has 0 aromatic heterocycles. The first kappa shape index (κ1) is 16.1. The summed E-state index contributed by atoms with van der Waals surface area (Å²) in [7, 11) is 0. The molecule has 1 nitrogen and oxygen atoms in total. The van der Waals surface area contributed by atoms with Crippen molar-refractivity contribution in [3.8, 4) is 0 Å². The van der Waals surface area contributed by atoms with Gasteiger partial charge in [0.15, 0.2) is 0 Å². The second-order valence-corrected chi connectivity index (χ2v) is 5.96. The quantitative estimate of drug-likeness (QED) is 0.745. The lowest BCUT2D eigenvalue weighted by Gasteiger charge is -2.24. The summed E-state index contributed by atoms with van der Waals surface area (Å²) in [4.78, 5) is 0. The molecule has 2 atom stereocenters. The van der Waals surface area contributed by atoms with Crippen LogP contribution in [0.3, 0.4) is 0 Å². The lowest BCUT2D eigenvalue weighted by Crippen LogP contribution is -2.25. The summed E-state index contributed by atoms with van der Waals surface area (Å²) in [5.74, 6) is -1.03. The van der Waals surface area contributed by atoms with Gasteiger partial charge in [0, 0.05) is 22.1 Å². The molecule has 4 heteroatoms. The van der Waals surface area contributed by atoms with Crippen LogP contribution < -0.4 is 5.32 Å². The zero-order chi connectivity index (χ0) is 15.4. The van der Waals surface area contributed by atoms with Gasteiger partial charge >= 0.3 is 0 Å². The van der Waals surface area contributed by atoms with Crippen LogP contribution in [-0.2, 0) is 0 Å². The van der Waals surface area contributed by atoms with Crippen molar-refractivity contribution in [2.24, 2.45) is 0 Å². The third kappa shape index (κ3) is 3.89. The van der Waals surface area contributed by atoms with Gasteiger partial charge in [0.2, 0.25) is 0 Å². The van der Waals surface area contributed by atoms with Gasteiger partial charge in [-0.1, -0.05) is 41.1 Å². The minimum atomic E-state index is -0.515. The van der Waals surface area contributed by atoms with Crippen LogP contribution >= 0.6 is 15.9 Å². The minimum absolute atomic E-state index is 0.0384. The predicted octanol–water partition coefficient (Wildman–Crippen LogP) is 5.53. The summed E-state index contributed by atoms with van der Waals surface area (Å²) in [5.41, 5.74) is 1.18. The Morgan fingerprint density at radius 2 is 1.71 bits per heavy atom. The number of benzene rings is 2. The number of nitrogens with one attached hydrogen (secondary N) is 1. The van der Waals surface area contributed by atoms with Crippen molar-refractivity contribution in [3.63, 3.8) is 0 Å². The van der Waals surface area contributed by atoms with Crippen LogP contribution in [0.5, 0.6) is 0 Å². The van der Waals surface area contributed by atoms with E-state index in [9.17, 15) is 8.78 Å². The van der Waals surface area contributed by atoms with Crippen molar-refractivity contribution in [1.82, 2.24) is 5.32 Å². The molecule has 0 saturated heterocycles. The highest BCUT2D eigenvalue weighted by Gasteiger charge is 2.19. The maximum atomic E-state index is 13.8. The van der Waals surface area contributed by atoms with Gasteiger partial charge < -0.3 is 5.32 Å². The molecule has 1 N–H and O–H groups in total. The standard InChI is InChI=1S/C17H18BrF2N/c1-3-16(12-6-4-7-13(18)10-12)21-11(2)17-14(19)8-5-9-15(17)20/h4-11,16,21H,3H2,1-2H3. The molecule has 0 aliphatic carbocycles. The van der Waals surface area contributed by atoms with E-state index in [1.165, 1.54) is 18.2 Å². The maximum Gasteiger partial charge on any atom is 0.130 e. The Bertz CT molecular complexity index is 595. The first-order valence-corrected chi connectivity index (χ1v) is 7.77. The van der Waals surface area contributed by atoms with Gasteiger partial charge in [0.1, 0.15) is 11.6 Å². The van der Waals surface area contributed by atoms with Crippen LogP contribution in [0.25, 0.3) is 0 Å². The van der Waals surface area contributed by atoms with E-state index < -0.39 is 17.7 Å². The topological polar surface area (TPSA) is 12.0 Å². The summed E-state index contributed by atoms with van der Waals surface area (Å²) < 4.78 is 28.7. The monoisotopic (exact) mass is 353 g/mol. The molecule has 2 rings (SSSR count). The third-order valence-corrected chi connectivity index (χ3v) is 4.04. The molecule has 2 unspecified atom stereocenters. The smallest absolute Gasteiger partial charge is 0.130 e. The van der Waals surface area contributed by atoms with Crippen molar-refractivity contribution in [3.05, 3.63) is 69.7 Å². The summed E-state index contributed by atoms with van der Waals surface area (Å²) in [6.45, 7) is 3.82. The van der Waals surface area contributed by atoms with E-state index in [1.807, 2.05) is 31.2 Å². The molecule has 0 radical (unpaired) electrons. The Morgan fingerprint density at radius 1 is 1.10 bits per heavy atom. The Labute approximate surface area is 132 Å². The molecule has 0 bridgehead atoms. The van der Waals surface area contributed by atoms with Crippen LogP contribution in [-0.4, -0.2) is 0 Å². The summed E-state index contributed by atoms with van der Waals surface area (Å²) in [6.07, 6.45) is 0.830. The fraction of sp³-hybridized carbons (Fsp3) is 0.294. The van der Waals surface area contributed by atoms with E-state index in [-0.39, 0.29) is 11.6 Å². The first-order valence-electron chi connectivity index (χ1n) is 6.98. The number of hydrogen-bond donors (Lipinski definition) is 1. The molecule has 0 heterocycles. The van der Waals surface area contributed by atoms with Gasteiger partial charge in [-0.15, -0.1) is 0 Å². The number of hydrogen-bond acceptors (Lipinski definition) is 1. The minimum Gasteiger partial charge on any atom is -0.303 e. The van der Waals surface area contributed by atoms with Gasteiger partial charge in [-0.05, 0) is 43.2 Å². The Hall–Kier alpha value is -1.26. The maximum absolute atomic E-state index is 13.8. The molecule has 2 aromatic rings. The Kier molecular flexibility index (Phi) is 5.48. The molecular formula is C17H18BrF2N. The molecule has 0 amide bonds. The van der Waals surface area contributed by atoms with Crippen LogP contribution in [0.15, 0.2) is 46.9 Å². The lowest BCUT2D eigenvalue weighted by atomic mass is 10.0. The molecule has 0 saturated carbocycles. The SMILES string of the molecule is CCC(NC(C)c1c(F)cccc1F)c1cccc(Br)c1. The predicted molar refractivity (Wildman–Crippen MR) is 85.1 cm³/mol. The lowest BCUT2D eigenvalue weighted by molar-refractivity contribution is 0.425. The summed E-state index contributed by atoms with van der Waals surface area (Å²) >= 11 is 3.45. The van der Waals surface area contributed by atoms with Crippen molar-refractivity contribution in [1.29, 1.82) is 0 Å². The molecule has 112 valence electrons. The zero-order valence-corrected chi connectivity index (χ0v) is 13.6. The van der Waals surface area contributed by atoms with E-state index in [0.29, 0.717) is 0 Å². The molecular weight excluding hydrogens is 336 g/mol. The fourth-order valence-electron chi connectivity index (χ4n) is 2.48. The van der Waals surface area contributed by atoms with E-state index in [1.54, 1.807) is 6.92 Å². The molecule has 0 fully saturated rings. The highest BCUT2D eigenvalue weighted by atomic mass is 79.9. The zero-order valence-electron chi connectivity index (χ0n) is 12.0. The van der Waals surface area contributed by atoms with Crippen molar-refractivity contribution in [2.45, 2.75) is 32.4 Å². The molecule has 0 aliphatic heterocycles. The van der Waals surface area contributed by atoms with Crippen LogP contribution in [0.1, 0.15) is 43.5 Å². The van der Waals surface area contributed by atoms with E-state index in [2.05, 4.69) is 21.2 Å². The van der Waals surface area contributed by atoms with Crippen LogP contribution in [0.2, 0.25) is 0 Å². The van der Waals surface area contributed by atoms with Crippen LogP contribution in [0.4, 0.5) is 8.78 Å². The Morgan fingerprint density at radius 3 is 2.29 bits per heavy atom. The first-order chi connectivity index (χ1) is 10.0. The number of rotatable bonds is 5. The normalized spacial score (nSPS) is 14.0. The van der Waals surface area contributed by atoms with Gasteiger partial charge in [0.25, 0.3) is 0 Å². The molecule has 0 aliphatic rings. The number of halogens is 3. The second-order valence-electron chi connectivity index (χ2n) is 5.04. The van der Waals surface area contributed by atoms with E-state index in [0.717, 1.165) is 16.5 Å². The highest BCUT2D eigenvalue weighted by molar-refractivity contribution is 9.10. The van der Waals surface area contributed by atoms with Gasteiger partial charge in [-0.2, -0.15) is 0 Å². The Balaban J connectivity index is 2.22. The summed E-state index contributed by atoms with van der Waals surface area (Å²) in [6, 6.07) is 11.5. The largest absolute Gasteiger partial charge is 0.303 e. The average molecular weight is 354 g/mol. The summed E-state index contributed by atoms with van der Waals surface area (Å²) in [5, 5.41) is 3.31. The third-order valence-electron chi connectivity index (χ3n) is 3.54. The molecule has 2 aromatic carbocycles. The van der Waals surface area contributed by atoms with E-state index in [4.69, 9.17) is 0 Å².